The summed E-state index contributed by atoms with van der Waals surface area (Å²) in [6, 6.07) is 12.0. The normalized spacial score (nSPS) is 13.0. The number of hydrogen-bond acceptors (Lipinski definition) is 5. The number of anilines is 1. The van der Waals surface area contributed by atoms with E-state index < -0.39 is 0 Å². The van der Waals surface area contributed by atoms with Gasteiger partial charge in [-0.05, 0) is 34.9 Å². The number of aliphatic hydroxyl groups is 2. The summed E-state index contributed by atoms with van der Waals surface area (Å²) in [6.07, 6.45) is 0.850. The Balaban J connectivity index is 1.67. The van der Waals surface area contributed by atoms with Gasteiger partial charge in [0, 0.05) is 34.3 Å². The third kappa shape index (κ3) is 2.98. The largest absolute Gasteiger partial charge is 0.392 e. The van der Waals surface area contributed by atoms with Crippen LogP contribution in [0.25, 0.3) is 21.8 Å². The van der Waals surface area contributed by atoms with Crippen LogP contribution in [-0.2, 0) is 19.6 Å². The van der Waals surface area contributed by atoms with Gasteiger partial charge in [-0.2, -0.15) is 0 Å². The topological polar surface area (TPSA) is 65.4 Å². The monoisotopic (exact) mass is 350 g/mol. The van der Waals surface area contributed by atoms with Gasteiger partial charge in [-0.25, -0.2) is 4.98 Å². The lowest BCUT2D eigenvalue weighted by Gasteiger charge is -2.06. The first-order valence-corrected chi connectivity index (χ1v) is 8.93. The third-order valence-corrected chi connectivity index (χ3v) is 5.31. The molecule has 0 bridgehead atoms. The van der Waals surface area contributed by atoms with Gasteiger partial charge in [-0.1, -0.05) is 24.8 Å². The Morgan fingerprint density at radius 2 is 1.84 bits per heavy atom. The number of allylic oxidation sites excluding steroid dienone is 1. The zero-order valence-corrected chi connectivity index (χ0v) is 14.4. The smallest absolute Gasteiger partial charge is 0.124 e. The molecule has 4 nitrogen and oxygen atoms in total. The van der Waals surface area contributed by atoms with Crippen LogP contribution in [0, 0.1) is 0 Å². The van der Waals surface area contributed by atoms with Crippen molar-refractivity contribution in [3.8, 4) is 21.8 Å². The highest BCUT2D eigenvalue weighted by molar-refractivity contribution is 7.13. The van der Waals surface area contributed by atoms with Crippen molar-refractivity contribution in [3.05, 3.63) is 70.7 Å². The number of aromatic nitrogens is 1. The molecule has 0 spiro atoms. The number of aliphatic hydroxyl groups excluding tert-OH is 2. The van der Waals surface area contributed by atoms with Crippen LogP contribution in [0.4, 0.5) is 5.69 Å². The zero-order valence-electron chi connectivity index (χ0n) is 13.6. The average Bonchev–Trinajstić information content (AvgIpc) is 3.26. The second-order valence-electron chi connectivity index (χ2n) is 6.11. The van der Waals surface area contributed by atoms with Crippen LogP contribution in [0.5, 0.6) is 0 Å². The Morgan fingerprint density at radius 3 is 2.64 bits per heavy atom. The number of rotatable bonds is 4. The molecule has 0 saturated carbocycles. The molecule has 3 N–H and O–H groups in total. The van der Waals surface area contributed by atoms with Gasteiger partial charge in [0.1, 0.15) is 5.01 Å². The summed E-state index contributed by atoms with van der Waals surface area (Å²) in [5.74, 6) is 0. The van der Waals surface area contributed by atoms with E-state index in [1.807, 2.05) is 23.6 Å². The second kappa shape index (κ2) is 6.44. The molecule has 4 rings (SSSR count). The molecule has 0 amide bonds. The minimum absolute atomic E-state index is 0.0756. The van der Waals surface area contributed by atoms with Crippen LogP contribution in [0.3, 0.4) is 0 Å². The van der Waals surface area contributed by atoms with Gasteiger partial charge in [-0.3, -0.25) is 0 Å². The van der Waals surface area contributed by atoms with Crippen LogP contribution in [0.2, 0.25) is 0 Å². The number of fused-ring (bicyclic) bond motifs is 1. The van der Waals surface area contributed by atoms with Gasteiger partial charge in [-0.15, -0.1) is 11.3 Å². The van der Waals surface area contributed by atoms with Crippen molar-refractivity contribution in [2.75, 3.05) is 5.32 Å². The van der Waals surface area contributed by atoms with Crippen LogP contribution in [-0.4, -0.2) is 15.2 Å². The fourth-order valence-corrected chi connectivity index (χ4v) is 3.91. The fraction of sp³-hybridized carbons (Fsp3) is 0.150. The molecule has 0 radical (unpaired) electrons. The SMILES string of the molecule is C=C1Cc2cc(-c3csc(-c4ccc(CO)c(CO)c4)n3)ccc2N1. The van der Waals surface area contributed by atoms with E-state index in [2.05, 4.69) is 30.1 Å². The molecular formula is C20H18N2O2S. The molecule has 3 aromatic rings. The fourth-order valence-electron chi connectivity index (χ4n) is 3.09. The predicted octanol–water partition coefficient (Wildman–Crippen LogP) is 3.94. The van der Waals surface area contributed by atoms with E-state index in [0.29, 0.717) is 0 Å². The first kappa shape index (κ1) is 16.0. The Labute approximate surface area is 150 Å². The maximum absolute atomic E-state index is 9.47. The van der Waals surface area contributed by atoms with Gasteiger partial charge in [0.15, 0.2) is 0 Å². The van der Waals surface area contributed by atoms with Crippen LogP contribution in [0.1, 0.15) is 16.7 Å². The molecule has 2 aromatic carbocycles. The van der Waals surface area contributed by atoms with E-state index in [1.54, 1.807) is 11.3 Å². The zero-order chi connectivity index (χ0) is 17.4. The third-order valence-electron chi connectivity index (χ3n) is 4.41. The molecule has 1 aromatic heterocycles. The summed E-state index contributed by atoms with van der Waals surface area (Å²) in [7, 11) is 0. The Hall–Kier alpha value is -2.47. The predicted molar refractivity (Wildman–Crippen MR) is 101 cm³/mol. The highest BCUT2D eigenvalue weighted by atomic mass is 32.1. The van der Waals surface area contributed by atoms with Gasteiger partial charge in [0.2, 0.25) is 0 Å². The minimum Gasteiger partial charge on any atom is -0.392 e. The van der Waals surface area contributed by atoms with Crippen molar-refractivity contribution in [3.63, 3.8) is 0 Å². The molecule has 0 unspecified atom stereocenters. The Morgan fingerprint density at radius 1 is 1.04 bits per heavy atom. The Kier molecular flexibility index (Phi) is 4.13. The summed E-state index contributed by atoms with van der Waals surface area (Å²) < 4.78 is 0. The maximum Gasteiger partial charge on any atom is 0.124 e. The highest BCUT2D eigenvalue weighted by Crippen LogP contribution is 2.34. The van der Waals surface area contributed by atoms with Gasteiger partial charge in [0.25, 0.3) is 0 Å². The van der Waals surface area contributed by atoms with E-state index >= 15 is 0 Å². The lowest BCUT2D eigenvalue weighted by Crippen LogP contribution is -1.94. The van der Waals surface area contributed by atoms with Gasteiger partial charge in [0.05, 0.1) is 18.9 Å². The summed E-state index contributed by atoms with van der Waals surface area (Å²) in [4.78, 5) is 4.76. The summed E-state index contributed by atoms with van der Waals surface area (Å²) in [6.45, 7) is 3.81. The number of thiazole rings is 1. The quantitative estimate of drug-likeness (QED) is 0.667. The molecule has 0 saturated heterocycles. The molecule has 1 aliphatic heterocycles. The number of nitrogens with zero attached hydrogens (tertiary/aromatic N) is 1. The van der Waals surface area contributed by atoms with Crippen LogP contribution < -0.4 is 5.32 Å². The molecule has 0 aliphatic carbocycles. The van der Waals surface area contributed by atoms with Crippen molar-refractivity contribution in [1.29, 1.82) is 0 Å². The Bertz CT molecular complexity index is 962. The highest BCUT2D eigenvalue weighted by Gasteiger charge is 2.15. The molecular weight excluding hydrogens is 332 g/mol. The van der Waals surface area contributed by atoms with Crippen molar-refractivity contribution in [2.24, 2.45) is 0 Å². The van der Waals surface area contributed by atoms with E-state index in [9.17, 15) is 10.2 Å². The van der Waals surface area contributed by atoms with E-state index in [0.717, 1.165) is 50.8 Å². The average molecular weight is 350 g/mol. The molecule has 2 heterocycles. The van der Waals surface area contributed by atoms with Crippen molar-refractivity contribution in [2.45, 2.75) is 19.6 Å². The van der Waals surface area contributed by atoms with Crippen molar-refractivity contribution < 1.29 is 10.2 Å². The first-order chi connectivity index (χ1) is 12.2. The molecule has 0 fully saturated rings. The lowest BCUT2D eigenvalue weighted by molar-refractivity contribution is 0.260. The number of nitrogens with one attached hydrogen (secondary N) is 1. The lowest BCUT2D eigenvalue weighted by atomic mass is 10.0. The number of benzene rings is 2. The molecule has 0 atom stereocenters. The summed E-state index contributed by atoms with van der Waals surface area (Å²) in [5.41, 5.74) is 7.85. The van der Waals surface area contributed by atoms with E-state index in [1.165, 1.54) is 5.56 Å². The molecule has 25 heavy (non-hydrogen) atoms. The number of hydrogen-bond donors (Lipinski definition) is 3. The van der Waals surface area contributed by atoms with Gasteiger partial charge < -0.3 is 15.5 Å². The maximum atomic E-state index is 9.47. The van der Waals surface area contributed by atoms with Crippen LogP contribution in [0.15, 0.2) is 54.1 Å². The standard InChI is InChI=1S/C20H18N2O2S/c1-12-6-16-7-13(4-5-18(16)21-12)19-11-25-20(22-19)14-2-3-15(9-23)17(8-14)10-24/h2-5,7-8,11,21,23-24H,1,6,9-10H2. The molecule has 5 heteroatoms. The first-order valence-electron chi connectivity index (χ1n) is 8.05. The molecule has 1 aliphatic rings. The van der Waals surface area contributed by atoms with Gasteiger partial charge >= 0.3 is 0 Å². The van der Waals surface area contributed by atoms with E-state index in [-0.39, 0.29) is 13.2 Å². The van der Waals surface area contributed by atoms with Crippen molar-refractivity contribution >= 4 is 17.0 Å². The van der Waals surface area contributed by atoms with Crippen molar-refractivity contribution in [1.82, 2.24) is 4.98 Å². The van der Waals surface area contributed by atoms with Crippen LogP contribution >= 0.6 is 11.3 Å². The molecule has 126 valence electrons. The minimum atomic E-state index is -0.0936. The summed E-state index contributed by atoms with van der Waals surface area (Å²) in [5, 5.41) is 25.0. The summed E-state index contributed by atoms with van der Waals surface area (Å²) >= 11 is 1.58. The van der Waals surface area contributed by atoms with E-state index in [4.69, 9.17) is 4.98 Å². The second-order valence-corrected chi connectivity index (χ2v) is 6.97.